The highest BCUT2D eigenvalue weighted by Crippen LogP contribution is 2.27. The molecule has 0 atom stereocenters. The lowest BCUT2D eigenvalue weighted by molar-refractivity contribution is -0.118. The van der Waals surface area contributed by atoms with Crippen LogP contribution in [0.1, 0.15) is 11.1 Å². The van der Waals surface area contributed by atoms with E-state index in [1.165, 1.54) is 21.2 Å². The molecule has 0 unspecified atom stereocenters. The van der Waals surface area contributed by atoms with Crippen molar-refractivity contribution in [3.05, 3.63) is 23.3 Å². The second kappa shape index (κ2) is 8.15. The summed E-state index contributed by atoms with van der Waals surface area (Å²) in [4.78, 5) is 11.3. The van der Waals surface area contributed by atoms with Crippen LogP contribution in [0.15, 0.2) is 17.0 Å². The first-order chi connectivity index (χ1) is 11.4. The molecule has 0 aliphatic rings. The number of nitrogens with zero attached hydrogens (tertiary/aromatic N) is 1. The van der Waals surface area contributed by atoms with Crippen LogP contribution in [0, 0.1) is 13.8 Å². The summed E-state index contributed by atoms with van der Waals surface area (Å²) < 4.78 is 55.4. The van der Waals surface area contributed by atoms with Crippen LogP contribution in [0.4, 0.5) is 0 Å². The van der Waals surface area contributed by atoms with Gasteiger partial charge in [0.1, 0.15) is 11.5 Å². The summed E-state index contributed by atoms with van der Waals surface area (Å²) in [6.45, 7) is 3.06. The molecule has 0 bridgehead atoms. The van der Waals surface area contributed by atoms with E-state index in [1.807, 2.05) is 0 Å². The van der Waals surface area contributed by atoms with Crippen molar-refractivity contribution >= 4 is 25.8 Å². The van der Waals surface area contributed by atoms with Crippen molar-refractivity contribution in [2.24, 2.45) is 0 Å². The van der Waals surface area contributed by atoms with Gasteiger partial charge >= 0.3 is 0 Å². The monoisotopic (exact) mass is 392 g/mol. The van der Waals surface area contributed by atoms with Crippen LogP contribution in [0.5, 0.6) is 5.75 Å². The first-order valence-electron chi connectivity index (χ1n) is 7.47. The van der Waals surface area contributed by atoms with Crippen molar-refractivity contribution in [2.45, 2.75) is 18.7 Å². The zero-order valence-electron chi connectivity index (χ0n) is 15.0. The SMILES string of the molecule is CNC(=O)CS(=O)(=O)CCN(C)S(=O)(=O)c1c(C)cc(OC)cc1C. The van der Waals surface area contributed by atoms with E-state index < -0.39 is 37.3 Å². The number of methoxy groups -OCH3 is 1. The normalized spacial score (nSPS) is 12.2. The molecule has 0 saturated carbocycles. The van der Waals surface area contributed by atoms with Gasteiger partial charge in [-0.2, -0.15) is 4.31 Å². The number of carbonyl (C=O) groups is 1. The number of aryl methyl sites for hydroxylation is 2. The molecule has 1 aromatic carbocycles. The Hall–Kier alpha value is -1.65. The molecule has 0 aliphatic carbocycles. The van der Waals surface area contributed by atoms with Crippen LogP contribution in [0.2, 0.25) is 0 Å². The molecule has 1 amide bonds. The van der Waals surface area contributed by atoms with Crippen LogP contribution in [0.25, 0.3) is 0 Å². The number of carbonyl (C=O) groups excluding carboxylic acids is 1. The summed E-state index contributed by atoms with van der Waals surface area (Å²) in [6.07, 6.45) is 0. The van der Waals surface area contributed by atoms with Crippen LogP contribution in [0.3, 0.4) is 0 Å². The molecule has 0 aliphatic heterocycles. The first kappa shape index (κ1) is 21.4. The zero-order chi connectivity index (χ0) is 19.4. The fraction of sp³-hybridized carbons (Fsp3) is 0.533. The topological polar surface area (TPSA) is 110 Å². The second-order valence-corrected chi connectivity index (χ2v) is 9.85. The molecule has 25 heavy (non-hydrogen) atoms. The maximum Gasteiger partial charge on any atom is 0.243 e. The Labute approximate surface area is 149 Å². The second-order valence-electron chi connectivity index (χ2n) is 5.68. The van der Waals surface area contributed by atoms with Gasteiger partial charge in [0.05, 0.1) is 17.8 Å². The quantitative estimate of drug-likeness (QED) is 0.672. The largest absolute Gasteiger partial charge is 0.497 e. The lowest BCUT2D eigenvalue weighted by Crippen LogP contribution is -2.35. The number of amides is 1. The fourth-order valence-electron chi connectivity index (χ4n) is 2.32. The average molecular weight is 392 g/mol. The summed E-state index contributed by atoms with van der Waals surface area (Å²) >= 11 is 0. The molecule has 1 N–H and O–H groups in total. The summed E-state index contributed by atoms with van der Waals surface area (Å²) in [5, 5.41) is 2.23. The van der Waals surface area contributed by atoms with Crippen molar-refractivity contribution in [3.63, 3.8) is 0 Å². The highest BCUT2D eigenvalue weighted by atomic mass is 32.2. The Morgan fingerprint density at radius 3 is 2.12 bits per heavy atom. The Bertz CT molecular complexity index is 824. The van der Waals surface area contributed by atoms with Crippen molar-refractivity contribution in [1.29, 1.82) is 0 Å². The van der Waals surface area contributed by atoms with Gasteiger partial charge in [0.15, 0.2) is 9.84 Å². The van der Waals surface area contributed by atoms with Crippen LogP contribution in [-0.2, 0) is 24.7 Å². The fourth-order valence-corrected chi connectivity index (χ4v) is 5.25. The van der Waals surface area contributed by atoms with E-state index in [0.29, 0.717) is 16.9 Å². The van der Waals surface area contributed by atoms with Gasteiger partial charge in [0, 0.05) is 20.6 Å². The molecule has 1 aromatic rings. The van der Waals surface area contributed by atoms with Crippen molar-refractivity contribution in [2.75, 3.05) is 39.3 Å². The number of benzene rings is 1. The van der Waals surface area contributed by atoms with E-state index >= 15 is 0 Å². The number of sulfonamides is 1. The number of rotatable bonds is 8. The zero-order valence-corrected chi connectivity index (χ0v) is 16.6. The molecule has 1 rings (SSSR count). The van der Waals surface area contributed by atoms with E-state index in [1.54, 1.807) is 26.0 Å². The lowest BCUT2D eigenvalue weighted by atomic mass is 10.1. The Balaban J connectivity index is 3.02. The highest BCUT2D eigenvalue weighted by Gasteiger charge is 2.27. The molecule has 0 radical (unpaired) electrons. The number of hydrogen-bond donors (Lipinski definition) is 1. The van der Waals surface area contributed by atoms with Crippen molar-refractivity contribution in [1.82, 2.24) is 9.62 Å². The Morgan fingerprint density at radius 1 is 1.16 bits per heavy atom. The van der Waals surface area contributed by atoms with Crippen LogP contribution >= 0.6 is 0 Å². The predicted molar refractivity (Wildman–Crippen MR) is 95.0 cm³/mol. The molecule has 0 aromatic heterocycles. The maximum absolute atomic E-state index is 12.8. The minimum absolute atomic E-state index is 0.125. The third-order valence-corrected chi connectivity index (χ3v) is 7.35. The molecule has 0 fully saturated rings. The average Bonchev–Trinajstić information content (AvgIpc) is 2.50. The summed E-state index contributed by atoms with van der Waals surface area (Å²) in [5.74, 6) is -1.19. The number of sulfone groups is 1. The third kappa shape index (κ3) is 5.41. The third-order valence-electron chi connectivity index (χ3n) is 3.68. The molecule has 10 heteroatoms. The van der Waals surface area contributed by atoms with Gasteiger partial charge in [-0.15, -0.1) is 0 Å². The van der Waals surface area contributed by atoms with Gasteiger partial charge in [0.2, 0.25) is 15.9 Å². The summed E-state index contributed by atoms with van der Waals surface area (Å²) in [5.41, 5.74) is 1.02. The van der Waals surface area contributed by atoms with E-state index in [2.05, 4.69) is 5.32 Å². The summed E-state index contributed by atoms with van der Waals surface area (Å²) in [7, 11) is -3.43. The molecular weight excluding hydrogens is 368 g/mol. The molecule has 0 saturated heterocycles. The number of hydrogen-bond acceptors (Lipinski definition) is 6. The van der Waals surface area contributed by atoms with Gasteiger partial charge in [-0.1, -0.05) is 0 Å². The molecule has 142 valence electrons. The van der Waals surface area contributed by atoms with Crippen molar-refractivity contribution in [3.8, 4) is 5.75 Å². The minimum Gasteiger partial charge on any atom is -0.497 e. The minimum atomic E-state index is -3.87. The van der Waals surface area contributed by atoms with E-state index in [4.69, 9.17) is 4.74 Å². The Kier molecular flexibility index (Phi) is 6.98. The predicted octanol–water partition coefficient (Wildman–Crippen LogP) is 0.0933. The van der Waals surface area contributed by atoms with E-state index in [-0.39, 0.29) is 11.4 Å². The van der Waals surface area contributed by atoms with Gasteiger partial charge in [-0.3, -0.25) is 4.79 Å². The smallest absolute Gasteiger partial charge is 0.243 e. The number of nitrogens with one attached hydrogen (secondary N) is 1. The van der Waals surface area contributed by atoms with E-state index in [0.717, 1.165) is 4.31 Å². The molecule has 8 nitrogen and oxygen atoms in total. The molecule has 0 spiro atoms. The maximum atomic E-state index is 12.8. The lowest BCUT2D eigenvalue weighted by Gasteiger charge is -2.20. The standard InChI is InChI=1S/C15H24N2O6S2/c1-11-8-13(23-5)9-12(2)15(11)25(21,22)17(4)6-7-24(19,20)10-14(18)16-3/h8-9H,6-7,10H2,1-5H3,(H,16,18). The van der Waals surface area contributed by atoms with Gasteiger partial charge in [0.25, 0.3) is 0 Å². The van der Waals surface area contributed by atoms with Crippen molar-refractivity contribution < 1.29 is 26.4 Å². The number of ether oxygens (including phenoxy) is 1. The van der Waals surface area contributed by atoms with Crippen LogP contribution in [-0.4, -0.2) is 66.3 Å². The summed E-state index contributed by atoms with van der Waals surface area (Å²) in [6, 6.07) is 3.21. The van der Waals surface area contributed by atoms with Gasteiger partial charge < -0.3 is 10.1 Å². The van der Waals surface area contributed by atoms with Gasteiger partial charge in [-0.05, 0) is 37.1 Å². The van der Waals surface area contributed by atoms with Crippen LogP contribution < -0.4 is 10.1 Å². The van der Waals surface area contributed by atoms with E-state index in [9.17, 15) is 21.6 Å². The molecular formula is C15H24N2O6S2. The highest BCUT2D eigenvalue weighted by molar-refractivity contribution is 7.92. The first-order valence-corrected chi connectivity index (χ1v) is 10.7. The Morgan fingerprint density at radius 2 is 1.68 bits per heavy atom. The van der Waals surface area contributed by atoms with Gasteiger partial charge in [-0.25, -0.2) is 16.8 Å². The molecule has 0 heterocycles.